The smallest absolute Gasteiger partial charge is 0.273 e. The van der Waals surface area contributed by atoms with Crippen LogP contribution in [0.25, 0.3) is 10.6 Å². The number of nitrogens with zero attached hydrogens (tertiary/aromatic N) is 2. The minimum Gasteiger partial charge on any atom is -0.372 e. The zero-order valence-corrected chi connectivity index (χ0v) is 15.1. The van der Waals surface area contributed by atoms with Crippen LogP contribution < -0.4 is 0 Å². The number of halogens is 2. The molecule has 1 aliphatic rings. The largest absolute Gasteiger partial charge is 0.372 e. The summed E-state index contributed by atoms with van der Waals surface area (Å²) in [6, 6.07) is 5.33. The molecule has 0 aliphatic carbocycles. The van der Waals surface area contributed by atoms with Crippen molar-refractivity contribution in [1.82, 2.24) is 9.88 Å². The monoisotopic (exact) mass is 370 g/mol. The molecule has 7 heteroatoms. The third-order valence-electron chi connectivity index (χ3n) is 3.60. The van der Waals surface area contributed by atoms with Crippen molar-refractivity contribution in [3.05, 3.63) is 39.3 Å². The highest BCUT2D eigenvalue weighted by Gasteiger charge is 2.31. The Labute approximate surface area is 149 Å². The molecule has 0 radical (unpaired) electrons. The van der Waals surface area contributed by atoms with Gasteiger partial charge in [-0.15, -0.1) is 11.3 Å². The Morgan fingerprint density at radius 3 is 2.83 bits per heavy atom. The molecule has 4 nitrogen and oxygen atoms in total. The maximum Gasteiger partial charge on any atom is 0.273 e. The van der Waals surface area contributed by atoms with E-state index in [0.29, 0.717) is 35.4 Å². The van der Waals surface area contributed by atoms with E-state index in [1.807, 2.05) is 19.9 Å². The first kappa shape index (κ1) is 16.7. The van der Waals surface area contributed by atoms with Crippen LogP contribution in [0.5, 0.6) is 0 Å². The summed E-state index contributed by atoms with van der Waals surface area (Å²) in [4.78, 5) is 18.9. The molecular weight excluding hydrogens is 355 g/mol. The van der Waals surface area contributed by atoms with Gasteiger partial charge in [0.25, 0.3) is 5.91 Å². The zero-order chi connectivity index (χ0) is 16.6. The van der Waals surface area contributed by atoms with Gasteiger partial charge < -0.3 is 9.64 Å². The fourth-order valence-corrected chi connectivity index (χ4v) is 3.57. The summed E-state index contributed by atoms with van der Waals surface area (Å²) >= 11 is 13.4. The fraction of sp³-hybridized carbons (Fsp3) is 0.375. The maximum absolute atomic E-state index is 12.6. The summed E-state index contributed by atoms with van der Waals surface area (Å²) in [5.41, 5.74) is 0.982. The minimum atomic E-state index is -0.323. The van der Waals surface area contributed by atoms with Gasteiger partial charge in [0.15, 0.2) is 0 Å². The number of aromatic nitrogens is 1. The van der Waals surface area contributed by atoms with Crippen LogP contribution in [0.3, 0.4) is 0 Å². The Hall–Kier alpha value is -1.14. The second kappa shape index (κ2) is 6.40. The van der Waals surface area contributed by atoms with E-state index in [-0.39, 0.29) is 11.5 Å². The first-order valence-corrected chi connectivity index (χ1v) is 8.83. The molecule has 0 saturated carbocycles. The maximum atomic E-state index is 12.6. The van der Waals surface area contributed by atoms with Crippen LogP contribution >= 0.6 is 34.5 Å². The summed E-state index contributed by atoms with van der Waals surface area (Å²) in [7, 11) is 0. The molecule has 1 aromatic heterocycles. The van der Waals surface area contributed by atoms with E-state index in [9.17, 15) is 4.79 Å². The Bertz CT molecular complexity index is 745. The van der Waals surface area contributed by atoms with E-state index in [0.717, 1.165) is 10.6 Å². The van der Waals surface area contributed by atoms with Crippen molar-refractivity contribution < 1.29 is 9.53 Å². The first-order chi connectivity index (χ1) is 10.9. The molecule has 1 aromatic carbocycles. The number of ether oxygens (including phenoxy) is 1. The Morgan fingerprint density at radius 1 is 1.35 bits per heavy atom. The molecule has 0 atom stereocenters. The van der Waals surface area contributed by atoms with Gasteiger partial charge in [-0.05, 0) is 26.0 Å². The number of benzene rings is 1. The van der Waals surface area contributed by atoms with Gasteiger partial charge in [-0.3, -0.25) is 4.79 Å². The molecule has 1 saturated heterocycles. The number of rotatable bonds is 2. The van der Waals surface area contributed by atoms with Crippen molar-refractivity contribution in [2.24, 2.45) is 0 Å². The fourth-order valence-electron chi connectivity index (χ4n) is 2.49. The molecule has 0 unspecified atom stereocenters. The van der Waals surface area contributed by atoms with Crippen LogP contribution in [0.15, 0.2) is 23.6 Å². The van der Waals surface area contributed by atoms with E-state index in [1.165, 1.54) is 11.3 Å². The van der Waals surface area contributed by atoms with E-state index in [4.69, 9.17) is 27.9 Å². The third kappa shape index (κ3) is 3.69. The molecule has 2 aromatic rings. The molecule has 0 bridgehead atoms. The highest BCUT2D eigenvalue weighted by atomic mass is 35.5. The molecule has 0 spiro atoms. The van der Waals surface area contributed by atoms with Crippen LogP contribution in [0.4, 0.5) is 0 Å². The second-order valence-electron chi connectivity index (χ2n) is 6.00. The minimum absolute atomic E-state index is 0.0658. The van der Waals surface area contributed by atoms with Gasteiger partial charge in [0.05, 0.1) is 22.3 Å². The van der Waals surface area contributed by atoms with Crippen LogP contribution in [-0.4, -0.2) is 41.1 Å². The third-order valence-corrected chi connectivity index (χ3v) is 5.23. The van der Waals surface area contributed by atoms with Gasteiger partial charge in [0.2, 0.25) is 0 Å². The van der Waals surface area contributed by atoms with Gasteiger partial charge in [0.1, 0.15) is 10.7 Å². The zero-order valence-electron chi connectivity index (χ0n) is 12.8. The summed E-state index contributed by atoms with van der Waals surface area (Å²) < 4.78 is 5.64. The van der Waals surface area contributed by atoms with Crippen molar-refractivity contribution in [1.29, 1.82) is 0 Å². The Morgan fingerprint density at radius 2 is 2.13 bits per heavy atom. The summed E-state index contributed by atoms with van der Waals surface area (Å²) in [6.45, 7) is 5.65. The van der Waals surface area contributed by atoms with Gasteiger partial charge in [-0.2, -0.15) is 0 Å². The molecule has 122 valence electrons. The number of thiazole rings is 1. The van der Waals surface area contributed by atoms with E-state index in [2.05, 4.69) is 4.98 Å². The van der Waals surface area contributed by atoms with Crippen molar-refractivity contribution in [3.63, 3.8) is 0 Å². The lowest BCUT2D eigenvalue weighted by Crippen LogP contribution is -2.50. The normalized spacial score (nSPS) is 17.3. The van der Waals surface area contributed by atoms with Crippen molar-refractivity contribution in [3.8, 4) is 10.6 Å². The highest BCUT2D eigenvalue weighted by molar-refractivity contribution is 7.13. The molecule has 23 heavy (non-hydrogen) atoms. The quantitative estimate of drug-likeness (QED) is 0.787. The topological polar surface area (TPSA) is 42.4 Å². The molecule has 1 amide bonds. The number of hydrogen-bond donors (Lipinski definition) is 0. The van der Waals surface area contributed by atoms with Crippen molar-refractivity contribution in [2.45, 2.75) is 19.4 Å². The lowest BCUT2D eigenvalue weighted by molar-refractivity contribution is -0.0764. The van der Waals surface area contributed by atoms with Crippen LogP contribution in [0.2, 0.25) is 10.0 Å². The van der Waals surface area contributed by atoms with E-state index in [1.54, 1.807) is 22.4 Å². The van der Waals surface area contributed by atoms with Crippen LogP contribution in [0, 0.1) is 0 Å². The number of hydrogen-bond acceptors (Lipinski definition) is 4. The SMILES string of the molecule is CC1(C)CN(C(=O)c2csc(-c3ccc(Cl)c(Cl)c3)n2)CCO1. The number of amides is 1. The summed E-state index contributed by atoms with van der Waals surface area (Å²) in [6.07, 6.45) is 0. The van der Waals surface area contributed by atoms with Gasteiger partial charge in [0, 0.05) is 24.0 Å². The second-order valence-corrected chi connectivity index (χ2v) is 7.67. The van der Waals surface area contributed by atoms with Crippen LogP contribution in [0.1, 0.15) is 24.3 Å². The van der Waals surface area contributed by atoms with Crippen molar-refractivity contribution in [2.75, 3.05) is 19.7 Å². The summed E-state index contributed by atoms with van der Waals surface area (Å²) in [5.74, 6) is -0.0658. The highest BCUT2D eigenvalue weighted by Crippen LogP contribution is 2.30. The van der Waals surface area contributed by atoms with Gasteiger partial charge in [-0.25, -0.2) is 4.98 Å². The number of morpholine rings is 1. The van der Waals surface area contributed by atoms with Gasteiger partial charge >= 0.3 is 0 Å². The molecule has 2 heterocycles. The Balaban J connectivity index is 1.81. The lowest BCUT2D eigenvalue weighted by Gasteiger charge is -2.37. The standard InChI is InChI=1S/C16H16Cl2N2O2S/c1-16(2)9-20(5-6-22-16)15(21)13-8-23-14(19-13)10-3-4-11(17)12(18)7-10/h3-4,7-8H,5-6,9H2,1-2H3. The predicted octanol–water partition coefficient (Wildman–Crippen LogP) is 4.37. The number of carbonyl (C=O) groups is 1. The number of carbonyl (C=O) groups excluding carboxylic acids is 1. The average Bonchev–Trinajstić information content (AvgIpc) is 2.98. The first-order valence-electron chi connectivity index (χ1n) is 7.20. The lowest BCUT2D eigenvalue weighted by atomic mass is 10.1. The van der Waals surface area contributed by atoms with E-state index >= 15 is 0 Å². The van der Waals surface area contributed by atoms with Crippen molar-refractivity contribution >= 4 is 40.4 Å². The molecule has 0 N–H and O–H groups in total. The van der Waals surface area contributed by atoms with Gasteiger partial charge in [-0.1, -0.05) is 29.3 Å². The molecule has 3 rings (SSSR count). The van der Waals surface area contributed by atoms with E-state index < -0.39 is 0 Å². The Kier molecular flexibility index (Phi) is 4.65. The molecule has 1 aliphatic heterocycles. The summed E-state index contributed by atoms with van der Waals surface area (Å²) in [5, 5.41) is 3.50. The predicted molar refractivity (Wildman–Crippen MR) is 93.5 cm³/mol. The van der Waals surface area contributed by atoms with Crippen LogP contribution in [-0.2, 0) is 4.74 Å². The average molecular weight is 371 g/mol. The molecule has 1 fully saturated rings. The molecular formula is C16H16Cl2N2O2S.